The second-order valence-electron chi connectivity index (χ2n) is 5.93. The number of aryl methyl sites for hydroxylation is 1. The molecule has 6 heteroatoms. The summed E-state index contributed by atoms with van der Waals surface area (Å²) in [6, 6.07) is 6.98. The summed E-state index contributed by atoms with van der Waals surface area (Å²) in [6.07, 6.45) is 0. The molecule has 1 heterocycles. The Morgan fingerprint density at radius 2 is 1.68 bits per heavy atom. The molecule has 25 heavy (non-hydrogen) atoms. The highest BCUT2D eigenvalue weighted by molar-refractivity contribution is 7.08. The highest BCUT2D eigenvalue weighted by Gasteiger charge is 2.16. The minimum absolute atomic E-state index is 0.117. The fraction of sp³-hybridized carbons (Fsp3) is 0.474. The molecule has 2 rings (SSSR count). The Morgan fingerprint density at radius 1 is 1.12 bits per heavy atom. The molecule has 0 N–H and O–H groups in total. The molecule has 0 atom stereocenters. The van der Waals surface area contributed by atoms with Crippen LogP contribution < -0.4 is 5.11 Å². The average molecular weight is 383 g/mol. The SMILES string of the molecule is CC[N+](CC)(CC)CC.Cc1ccc(-c2cc(C(=O)[O-])sn2)cc1Cl. The minimum atomic E-state index is -1.21. The van der Waals surface area contributed by atoms with Gasteiger partial charge in [-0.1, -0.05) is 23.7 Å². The van der Waals surface area contributed by atoms with Crippen molar-refractivity contribution in [2.24, 2.45) is 0 Å². The summed E-state index contributed by atoms with van der Waals surface area (Å²) >= 11 is 6.89. The number of halogens is 1. The third-order valence-electron chi connectivity index (χ3n) is 4.86. The quantitative estimate of drug-likeness (QED) is 0.709. The van der Waals surface area contributed by atoms with Crippen LogP contribution in [0.3, 0.4) is 0 Å². The van der Waals surface area contributed by atoms with Crippen molar-refractivity contribution >= 4 is 29.1 Å². The predicted octanol–water partition coefficient (Wildman–Crippen LogP) is 4.02. The van der Waals surface area contributed by atoms with Gasteiger partial charge in [0.25, 0.3) is 0 Å². The van der Waals surface area contributed by atoms with Crippen molar-refractivity contribution in [1.82, 2.24) is 4.37 Å². The van der Waals surface area contributed by atoms with E-state index in [0.717, 1.165) is 22.7 Å². The van der Waals surface area contributed by atoms with Crippen LogP contribution in [-0.2, 0) is 0 Å². The van der Waals surface area contributed by atoms with Gasteiger partial charge in [0.1, 0.15) is 0 Å². The number of hydrogen-bond acceptors (Lipinski definition) is 4. The van der Waals surface area contributed by atoms with Gasteiger partial charge in [0.05, 0.1) is 42.7 Å². The minimum Gasteiger partial charge on any atom is -0.544 e. The van der Waals surface area contributed by atoms with Gasteiger partial charge in [0, 0.05) is 10.6 Å². The molecule has 4 nitrogen and oxygen atoms in total. The lowest BCUT2D eigenvalue weighted by atomic mass is 10.1. The van der Waals surface area contributed by atoms with Gasteiger partial charge in [-0.15, -0.1) is 0 Å². The van der Waals surface area contributed by atoms with Gasteiger partial charge < -0.3 is 14.4 Å². The summed E-state index contributed by atoms with van der Waals surface area (Å²) in [5.41, 5.74) is 2.38. The van der Waals surface area contributed by atoms with Gasteiger partial charge in [0.2, 0.25) is 0 Å². The van der Waals surface area contributed by atoms with E-state index in [4.69, 9.17) is 11.6 Å². The van der Waals surface area contributed by atoms with E-state index in [2.05, 4.69) is 32.1 Å². The maximum atomic E-state index is 10.6. The van der Waals surface area contributed by atoms with Gasteiger partial charge >= 0.3 is 0 Å². The maximum absolute atomic E-state index is 10.6. The van der Waals surface area contributed by atoms with Crippen LogP contribution in [0.5, 0.6) is 0 Å². The van der Waals surface area contributed by atoms with Crippen molar-refractivity contribution in [2.45, 2.75) is 34.6 Å². The van der Waals surface area contributed by atoms with Crippen LogP contribution in [0.25, 0.3) is 11.3 Å². The van der Waals surface area contributed by atoms with Crippen LogP contribution in [-0.4, -0.2) is 41.0 Å². The predicted molar refractivity (Wildman–Crippen MR) is 104 cm³/mol. The number of aromatic nitrogens is 1. The molecular weight excluding hydrogens is 356 g/mol. The second kappa shape index (κ2) is 9.90. The first-order chi connectivity index (χ1) is 11.8. The van der Waals surface area contributed by atoms with Crippen LogP contribution in [0.2, 0.25) is 5.02 Å². The molecule has 0 aliphatic carbocycles. The van der Waals surface area contributed by atoms with Crippen molar-refractivity contribution in [2.75, 3.05) is 26.2 Å². The van der Waals surface area contributed by atoms with Gasteiger partial charge in [-0.25, -0.2) is 0 Å². The van der Waals surface area contributed by atoms with E-state index in [1.165, 1.54) is 36.7 Å². The first-order valence-corrected chi connectivity index (χ1v) is 9.77. The summed E-state index contributed by atoms with van der Waals surface area (Å²) in [7, 11) is 0. The zero-order chi connectivity index (χ0) is 19.0. The van der Waals surface area contributed by atoms with E-state index in [-0.39, 0.29) is 4.88 Å². The van der Waals surface area contributed by atoms with Crippen molar-refractivity contribution in [3.8, 4) is 11.3 Å². The smallest absolute Gasteiger partial charge is 0.0848 e. The first kappa shape index (κ1) is 21.6. The highest BCUT2D eigenvalue weighted by atomic mass is 35.5. The zero-order valence-electron chi connectivity index (χ0n) is 15.6. The van der Waals surface area contributed by atoms with Crippen LogP contribution in [0.15, 0.2) is 24.3 Å². The topological polar surface area (TPSA) is 53.0 Å². The van der Waals surface area contributed by atoms with E-state index < -0.39 is 5.97 Å². The van der Waals surface area contributed by atoms with Crippen molar-refractivity contribution in [3.05, 3.63) is 39.7 Å². The summed E-state index contributed by atoms with van der Waals surface area (Å²) < 4.78 is 5.32. The molecule has 0 saturated carbocycles. The third-order valence-corrected chi connectivity index (χ3v) is 6.04. The van der Waals surface area contributed by atoms with E-state index in [9.17, 15) is 9.90 Å². The van der Waals surface area contributed by atoms with Gasteiger partial charge in [0.15, 0.2) is 0 Å². The molecule has 0 saturated heterocycles. The summed E-state index contributed by atoms with van der Waals surface area (Å²) in [5, 5.41) is 11.2. The van der Waals surface area contributed by atoms with Crippen molar-refractivity contribution < 1.29 is 14.4 Å². The second-order valence-corrected chi connectivity index (χ2v) is 7.15. The molecule has 0 fully saturated rings. The molecule has 0 amide bonds. The number of carbonyl (C=O) groups is 1. The molecule has 0 aliphatic heterocycles. The highest BCUT2D eigenvalue weighted by Crippen LogP contribution is 2.26. The van der Waals surface area contributed by atoms with Crippen LogP contribution >= 0.6 is 23.1 Å². The Morgan fingerprint density at radius 3 is 2.04 bits per heavy atom. The average Bonchev–Trinajstić information content (AvgIpc) is 3.11. The Balaban J connectivity index is 0.000000299. The number of benzene rings is 1. The van der Waals surface area contributed by atoms with E-state index in [1.807, 2.05) is 19.1 Å². The lowest BCUT2D eigenvalue weighted by molar-refractivity contribution is -0.921. The summed E-state index contributed by atoms with van der Waals surface area (Å²) in [6.45, 7) is 16.1. The molecule has 0 radical (unpaired) electrons. The van der Waals surface area contributed by atoms with E-state index in [1.54, 1.807) is 6.07 Å². The van der Waals surface area contributed by atoms with Crippen molar-refractivity contribution in [3.63, 3.8) is 0 Å². The molecule has 0 unspecified atom stereocenters. The van der Waals surface area contributed by atoms with Gasteiger partial charge in [-0.05, 0) is 63.8 Å². The third kappa shape index (κ3) is 5.80. The largest absolute Gasteiger partial charge is 0.544 e. The van der Waals surface area contributed by atoms with Crippen LogP contribution in [0, 0.1) is 6.92 Å². The lowest BCUT2D eigenvalue weighted by Gasteiger charge is -2.34. The molecular formula is C19H27ClN2O2S. The zero-order valence-corrected chi connectivity index (χ0v) is 17.2. The van der Waals surface area contributed by atoms with Crippen LogP contribution in [0.1, 0.15) is 42.9 Å². The number of nitrogens with zero attached hydrogens (tertiary/aromatic N) is 2. The number of rotatable bonds is 6. The molecule has 1 aromatic carbocycles. The Labute approximate surface area is 159 Å². The standard InChI is InChI=1S/C11H8ClNO2S.C8H20N/c1-6-2-3-7(4-8(6)12)9-5-10(11(14)15)16-13-9;1-5-9(6-2,7-3)8-4/h2-5H,1H3,(H,14,15);5-8H2,1-4H3/q;+1/p-1. The maximum Gasteiger partial charge on any atom is 0.0848 e. The number of quaternary nitrogens is 1. The lowest BCUT2D eigenvalue weighted by Crippen LogP contribution is -2.47. The first-order valence-electron chi connectivity index (χ1n) is 8.62. The Bertz CT molecular complexity index is 679. The number of aromatic carboxylic acids is 1. The summed E-state index contributed by atoms with van der Waals surface area (Å²) in [4.78, 5) is 10.7. The molecule has 1 aromatic heterocycles. The normalized spacial score (nSPS) is 11.0. The van der Waals surface area contributed by atoms with Gasteiger partial charge in [-0.3, -0.25) is 0 Å². The van der Waals surface area contributed by atoms with E-state index >= 15 is 0 Å². The number of hydrogen-bond donors (Lipinski definition) is 0. The molecule has 0 bridgehead atoms. The molecule has 138 valence electrons. The number of carboxylic acids is 1. The molecule has 0 aliphatic rings. The van der Waals surface area contributed by atoms with E-state index in [0.29, 0.717) is 10.7 Å². The molecule has 2 aromatic rings. The van der Waals surface area contributed by atoms with Crippen LogP contribution in [0.4, 0.5) is 0 Å². The van der Waals surface area contributed by atoms with Gasteiger partial charge in [-0.2, -0.15) is 4.37 Å². The Kier molecular flexibility index (Phi) is 8.56. The summed E-state index contributed by atoms with van der Waals surface area (Å²) in [5.74, 6) is -1.21. The number of carboxylic acid groups (broad SMARTS) is 1. The monoisotopic (exact) mass is 382 g/mol. The fourth-order valence-corrected chi connectivity index (χ4v) is 3.38. The number of carbonyl (C=O) groups excluding carboxylic acids is 1. The van der Waals surface area contributed by atoms with Crippen molar-refractivity contribution in [1.29, 1.82) is 0 Å². The molecule has 0 spiro atoms. The fourth-order valence-electron chi connectivity index (χ4n) is 2.60. The Hall–Kier alpha value is -1.43.